The monoisotopic (exact) mass is 338 g/mol. The van der Waals surface area contributed by atoms with Crippen molar-refractivity contribution in [1.29, 1.82) is 0 Å². The molecule has 1 heterocycles. The zero-order valence-electron chi connectivity index (χ0n) is 13.4. The minimum absolute atomic E-state index is 0.166. The van der Waals surface area contributed by atoms with Crippen molar-refractivity contribution in [3.05, 3.63) is 72.4 Å². The first-order chi connectivity index (χ1) is 12.2. The zero-order chi connectivity index (χ0) is 17.6. The van der Waals surface area contributed by atoms with E-state index >= 15 is 0 Å². The maximum atomic E-state index is 13.2. The van der Waals surface area contributed by atoms with Crippen molar-refractivity contribution in [2.24, 2.45) is 0 Å². The van der Waals surface area contributed by atoms with Crippen LogP contribution in [0.4, 0.5) is 21.6 Å². The highest BCUT2D eigenvalue weighted by Gasteiger charge is 2.12. The molecule has 0 unspecified atom stereocenters. The molecule has 0 atom stereocenters. The topological polar surface area (TPSA) is 76.1 Å². The van der Waals surface area contributed by atoms with E-state index in [1.54, 1.807) is 36.4 Å². The molecule has 3 aromatic rings. The summed E-state index contributed by atoms with van der Waals surface area (Å²) in [4.78, 5) is 20.4. The van der Waals surface area contributed by atoms with Gasteiger partial charge in [-0.1, -0.05) is 18.2 Å². The van der Waals surface area contributed by atoms with Gasteiger partial charge in [-0.2, -0.15) is 0 Å². The molecule has 2 aromatic carbocycles. The third kappa shape index (κ3) is 4.08. The third-order valence-electron chi connectivity index (χ3n) is 3.35. The van der Waals surface area contributed by atoms with Crippen LogP contribution in [0.5, 0.6) is 5.75 Å². The number of carbonyl (C=O) groups excluding carboxylic acids is 1. The third-order valence-corrected chi connectivity index (χ3v) is 3.35. The van der Waals surface area contributed by atoms with Gasteiger partial charge in [-0.05, 0) is 30.3 Å². The highest BCUT2D eigenvalue weighted by Crippen LogP contribution is 2.23. The molecule has 0 spiro atoms. The fourth-order valence-electron chi connectivity index (χ4n) is 2.20. The number of rotatable bonds is 5. The van der Waals surface area contributed by atoms with Crippen LogP contribution in [-0.2, 0) is 0 Å². The molecule has 2 N–H and O–H groups in total. The molecule has 0 bridgehead atoms. The smallest absolute Gasteiger partial charge is 0.274 e. The Morgan fingerprint density at radius 2 is 1.92 bits per heavy atom. The van der Waals surface area contributed by atoms with E-state index in [2.05, 4.69) is 20.6 Å². The number of aromatic nitrogens is 2. The number of halogens is 1. The second kappa shape index (κ2) is 7.39. The number of para-hydroxylation sites is 2. The lowest BCUT2D eigenvalue weighted by molar-refractivity contribution is 0.102. The van der Waals surface area contributed by atoms with Gasteiger partial charge in [0.25, 0.3) is 5.91 Å². The van der Waals surface area contributed by atoms with Crippen molar-refractivity contribution < 1.29 is 13.9 Å². The fraction of sp³-hybridized carbons (Fsp3) is 0.0556. The van der Waals surface area contributed by atoms with Crippen LogP contribution >= 0.6 is 0 Å². The number of benzene rings is 2. The number of methoxy groups -OCH3 is 1. The Labute approximate surface area is 143 Å². The molecule has 0 aliphatic carbocycles. The van der Waals surface area contributed by atoms with Crippen LogP contribution in [0.2, 0.25) is 0 Å². The van der Waals surface area contributed by atoms with E-state index < -0.39 is 5.91 Å². The molecular weight excluding hydrogens is 323 g/mol. The summed E-state index contributed by atoms with van der Waals surface area (Å²) in [7, 11) is 1.52. The maximum absolute atomic E-state index is 13.2. The van der Waals surface area contributed by atoms with Crippen LogP contribution < -0.4 is 15.4 Å². The lowest BCUT2D eigenvalue weighted by atomic mass is 10.2. The molecular formula is C18H15FN4O2. The molecule has 25 heavy (non-hydrogen) atoms. The highest BCUT2D eigenvalue weighted by atomic mass is 19.1. The fourth-order valence-corrected chi connectivity index (χ4v) is 2.20. The molecule has 6 nitrogen and oxygen atoms in total. The molecule has 0 fully saturated rings. The van der Waals surface area contributed by atoms with E-state index in [0.717, 1.165) is 0 Å². The van der Waals surface area contributed by atoms with Gasteiger partial charge in [0.2, 0.25) is 0 Å². The summed E-state index contributed by atoms with van der Waals surface area (Å²) in [5.41, 5.74) is 1.22. The van der Waals surface area contributed by atoms with Crippen LogP contribution in [0.3, 0.4) is 0 Å². The van der Waals surface area contributed by atoms with Crippen molar-refractivity contribution >= 4 is 23.1 Å². The number of ether oxygens (including phenoxy) is 1. The van der Waals surface area contributed by atoms with Crippen LogP contribution in [0.15, 0.2) is 60.9 Å². The van der Waals surface area contributed by atoms with Crippen LogP contribution in [-0.4, -0.2) is 23.0 Å². The van der Waals surface area contributed by atoms with Crippen molar-refractivity contribution in [2.45, 2.75) is 0 Å². The summed E-state index contributed by atoms with van der Waals surface area (Å²) in [6.45, 7) is 0. The van der Waals surface area contributed by atoms with Crippen molar-refractivity contribution in [1.82, 2.24) is 9.97 Å². The molecule has 126 valence electrons. The summed E-state index contributed by atoms with van der Waals surface area (Å²) in [6.07, 6.45) is 1.26. The quantitative estimate of drug-likeness (QED) is 0.743. The number of nitrogens with one attached hydrogen (secondary N) is 2. The lowest BCUT2D eigenvalue weighted by Gasteiger charge is -2.10. The SMILES string of the molecule is COc1ccccc1NC(=O)c1cc(Nc2cccc(F)c2)ncn1. The van der Waals surface area contributed by atoms with Gasteiger partial charge in [-0.15, -0.1) is 0 Å². The first kappa shape index (κ1) is 16.4. The molecule has 0 aliphatic rings. The standard InChI is InChI=1S/C18H15FN4O2/c1-25-16-8-3-2-7-14(16)23-18(24)15-10-17(21-11-20-15)22-13-6-4-5-12(19)9-13/h2-11H,1H3,(H,23,24)(H,20,21,22). The van der Waals surface area contributed by atoms with Crippen molar-refractivity contribution in [2.75, 3.05) is 17.7 Å². The Morgan fingerprint density at radius 1 is 1.08 bits per heavy atom. The summed E-state index contributed by atoms with van der Waals surface area (Å²) >= 11 is 0. The van der Waals surface area contributed by atoms with E-state index in [4.69, 9.17) is 4.74 Å². The minimum atomic E-state index is -0.408. The van der Waals surface area contributed by atoms with E-state index in [9.17, 15) is 9.18 Å². The number of hydrogen-bond donors (Lipinski definition) is 2. The summed E-state index contributed by atoms with van der Waals surface area (Å²) in [5.74, 6) is 0.149. The van der Waals surface area contributed by atoms with Crippen LogP contribution in [0, 0.1) is 5.82 Å². The van der Waals surface area contributed by atoms with E-state index in [1.165, 1.54) is 31.6 Å². The number of hydrogen-bond acceptors (Lipinski definition) is 5. The van der Waals surface area contributed by atoms with E-state index in [1.807, 2.05) is 0 Å². The number of nitrogens with zero attached hydrogens (tertiary/aromatic N) is 2. The van der Waals surface area contributed by atoms with Gasteiger partial charge in [-0.3, -0.25) is 4.79 Å². The molecule has 0 saturated carbocycles. The van der Waals surface area contributed by atoms with E-state index in [0.29, 0.717) is 22.9 Å². The second-order valence-corrected chi connectivity index (χ2v) is 5.08. The van der Waals surface area contributed by atoms with Gasteiger partial charge >= 0.3 is 0 Å². The second-order valence-electron chi connectivity index (χ2n) is 5.08. The Morgan fingerprint density at radius 3 is 2.72 bits per heavy atom. The largest absolute Gasteiger partial charge is 0.495 e. The predicted molar refractivity (Wildman–Crippen MR) is 92.7 cm³/mol. The molecule has 7 heteroatoms. The molecule has 0 saturated heterocycles. The Kier molecular flexibility index (Phi) is 4.84. The van der Waals surface area contributed by atoms with Gasteiger partial charge in [0, 0.05) is 11.8 Å². The van der Waals surface area contributed by atoms with Gasteiger partial charge in [0.1, 0.15) is 29.4 Å². The van der Waals surface area contributed by atoms with Gasteiger partial charge in [-0.25, -0.2) is 14.4 Å². The summed E-state index contributed by atoms with van der Waals surface area (Å²) in [5, 5.41) is 5.67. The predicted octanol–water partition coefficient (Wildman–Crippen LogP) is 3.62. The van der Waals surface area contributed by atoms with Crippen molar-refractivity contribution in [3.8, 4) is 5.75 Å². The normalized spacial score (nSPS) is 10.2. The van der Waals surface area contributed by atoms with Crippen LogP contribution in [0.25, 0.3) is 0 Å². The summed E-state index contributed by atoms with van der Waals surface area (Å²) < 4.78 is 18.4. The molecule has 1 aromatic heterocycles. The van der Waals surface area contributed by atoms with Gasteiger partial charge < -0.3 is 15.4 Å². The van der Waals surface area contributed by atoms with E-state index in [-0.39, 0.29) is 11.5 Å². The number of amides is 1. The summed E-state index contributed by atoms with van der Waals surface area (Å²) in [6, 6.07) is 14.5. The molecule has 0 aliphatic heterocycles. The highest BCUT2D eigenvalue weighted by molar-refractivity contribution is 6.04. The molecule has 0 radical (unpaired) electrons. The molecule has 1 amide bonds. The Balaban J connectivity index is 1.77. The first-order valence-electron chi connectivity index (χ1n) is 7.45. The zero-order valence-corrected chi connectivity index (χ0v) is 13.4. The Hall–Kier alpha value is -3.48. The lowest BCUT2D eigenvalue weighted by Crippen LogP contribution is -2.15. The number of carbonyl (C=O) groups is 1. The average molecular weight is 338 g/mol. The van der Waals surface area contributed by atoms with Crippen LogP contribution in [0.1, 0.15) is 10.5 Å². The minimum Gasteiger partial charge on any atom is -0.495 e. The van der Waals surface area contributed by atoms with Gasteiger partial charge in [0.05, 0.1) is 12.8 Å². The first-order valence-corrected chi connectivity index (χ1v) is 7.45. The maximum Gasteiger partial charge on any atom is 0.274 e. The molecule has 3 rings (SSSR count). The number of anilines is 3. The van der Waals surface area contributed by atoms with Crippen molar-refractivity contribution in [3.63, 3.8) is 0 Å². The average Bonchev–Trinajstić information content (AvgIpc) is 2.62. The van der Waals surface area contributed by atoms with Gasteiger partial charge in [0.15, 0.2) is 0 Å². The Bertz CT molecular complexity index is 902.